The van der Waals surface area contributed by atoms with E-state index in [2.05, 4.69) is 5.32 Å². The molecule has 1 atom stereocenters. The van der Waals surface area contributed by atoms with Crippen LogP contribution in [0.3, 0.4) is 0 Å². The smallest absolute Gasteiger partial charge is 0.339 e. The molecule has 1 aliphatic rings. The van der Waals surface area contributed by atoms with E-state index in [-0.39, 0.29) is 12.2 Å². The van der Waals surface area contributed by atoms with Gasteiger partial charge in [-0.25, -0.2) is 4.79 Å². The first-order chi connectivity index (χ1) is 6.75. The average Bonchev–Trinajstić information content (AvgIpc) is 2.11. The summed E-state index contributed by atoms with van der Waals surface area (Å²) in [6.07, 6.45) is 0.758. The average molecular weight is 212 g/mol. The highest BCUT2D eigenvalue weighted by molar-refractivity contribution is 6.30. The first-order valence-corrected chi connectivity index (χ1v) is 4.83. The fourth-order valence-corrected chi connectivity index (χ4v) is 1.37. The molecular weight excluding hydrogens is 202 g/mol. The van der Waals surface area contributed by atoms with Crippen molar-refractivity contribution >= 4 is 17.6 Å². The molecule has 3 nitrogen and oxygen atoms in total. The molecular formula is C10H10ClNO2. The summed E-state index contributed by atoms with van der Waals surface area (Å²) in [4.78, 5) is 11.5. The molecule has 1 aromatic carbocycles. The monoisotopic (exact) mass is 211 g/mol. The molecule has 0 amide bonds. The zero-order valence-electron chi connectivity index (χ0n) is 7.50. The van der Waals surface area contributed by atoms with Crippen LogP contribution < -0.4 is 5.32 Å². The van der Waals surface area contributed by atoms with Crippen molar-refractivity contribution < 1.29 is 9.53 Å². The highest BCUT2D eigenvalue weighted by Crippen LogP contribution is 2.13. The van der Waals surface area contributed by atoms with E-state index in [1.165, 1.54) is 0 Å². The second-order valence-corrected chi connectivity index (χ2v) is 3.58. The van der Waals surface area contributed by atoms with E-state index in [0.717, 1.165) is 13.0 Å². The molecule has 0 bridgehead atoms. The number of benzene rings is 1. The lowest BCUT2D eigenvalue weighted by molar-refractivity contribution is 0.000525. The van der Waals surface area contributed by atoms with Crippen LogP contribution in [-0.4, -0.2) is 18.7 Å². The van der Waals surface area contributed by atoms with Gasteiger partial charge in [0.1, 0.15) is 0 Å². The third kappa shape index (κ3) is 2.05. The van der Waals surface area contributed by atoms with Gasteiger partial charge in [-0.1, -0.05) is 17.7 Å². The third-order valence-corrected chi connectivity index (χ3v) is 2.32. The Kier molecular flexibility index (Phi) is 2.70. The summed E-state index contributed by atoms with van der Waals surface area (Å²) in [5.74, 6) is -0.329. The number of hydrogen-bond donors (Lipinski definition) is 1. The normalized spacial score (nSPS) is 19.9. The number of rotatable bonds is 2. The number of esters is 1. The van der Waals surface area contributed by atoms with Gasteiger partial charge in [-0.15, -0.1) is 0 Å². The van der Waals surface area contributed by atoms with E-state index in [1.54, 1.807) is 24.3 Å². The summed E-state index contributed by atoms with van der Waals surface area (Å²) in [6, 6.07) is 6.74. The molecule has 1 aliphatic heterocycles. The minimum Gasteiger partial charge on any atom is -0.443 e. The maximum atomic E-state index is 11.5. The Morgan fingerprint density at radius 1 is 1.57 bits per heavy atom. The van der Waals surface area contributed by atoms with Crippen LogP contribution in [0.25, 0.3) is 0 Å². The molecule has 1 N–H and O–H groups in total. The third-order valence-electron chi connectivity index (χ3n) is 2.09. The van der Waals surface area contributed by atoms with Gasteiger partial charge >= 0.3 is 5.97 Å². The molecule has 1 heterocycles. The van der Waals surface area contributed by atoms with Crippen molar-refractivity contribution in [3.63, 3.8) is 0 Å². The fraction of sp³-hybridized carbons (Fsp3) is 0.300. The van der Waals surface area contributed by atoms with Crippen LogP contribution in [0.4, 0.5) is 0 Å². The summed E-state index contributed by atoms with van der Waals surface area (Å²) < 4.78 is 5.12. The van der Waals surface area contributed by atoms with E-state index in [4.69, 9.17) is 16.3 Å². The van der Waals surface area contributed by atoms with E-state index in [1.807, 2.05) is 0 Å². The van der Waals surface area contributed by atoms with Crippen molar-refractivity contribution in [2.24, 2.45) is 0 Å². The molecule has 4 heteroatoms. The van der Waals surface area contributed by atoms with Crippen LogP contribution in [0.2, 0.25) is 5.02 Å². The summed E-state index contributed by atoms with van der Waals surface area (Å²) >= 11 is 5.75. The minimum absolute atomic E-state index is 0.124. The molecule has 1 aromatic rings. The summed E-state index contributed by atoms with van der Waals surface area (Å²) in [6.45, 7) is 0.910. The van der Waals surface area contributed by atoms with Crippen LogP contribution in [0, 0.1) is 0 Å². The van der Waals surface area contributed by atoms with Crippen molar-refractivity contribution in [1.82, 2.24) is 5.32 Å². The minimum atomic E-state index is -0.329. The number of carbonyl (C=O) groups is 1. The van der Waals surface area contributed by atoms with Gasteiger partial charge in [0.2, 0.25) is 0 Å². The highest BCUT2D eigenvalue weighted by atomic mass is 35.5. The number of carbonyl (C=O) groups excluding carboxylic acids is 1. The molecule has 1 saturated heterocycles. The Hall–Kier alpha value is -1.06. The van der Waals surface area contributed by atoms with Gasteiger partial charge in [0.15, 0.2) is 6.23 Å². The van der Waals surface area contributed by atoms with E-state index in [9.17, 15) is 4.79 Å². The first-order valence-electron chi connectivity index (χ1n) is 4.45. The fourth-order valence-electron chi connectivity index (χ4n) is 1.18. The maximum absolute atomic E-state index is 11.5. The Morgan fingerprint density at radius 3 is 2.93 bits per heavy atom. The standard InChI is InChI=1S/C10H10ClNO2/c11-8-3-1-2-7(6-8)10(13)14-9-4-5-12-9/h1-3,6,9,12H,4-5H2. The molecule has 0 aliphatic carbocycles. The summed E-state index contributed by atoms with van der Waals surface area (Å²) in [7, 11) is 0. The first kappa shape index (κ1) is 9.49. The molecule has 0 radical (unpaired) electrons. The van der Waals surface area contributed by atoms with Crippen LogP contribution in [0.1, 0.15) is 16.8 Å². The number of nitrogens with one attached hydrogen (secondary N) is 1. The zero-order chi connectivity index (χ0) is 9.97. The van der Waals surface area contributed by atoms with Gasteiger partial charge in [-0.3, -0.25) is 5.32 Å². The van der Waals surface area contributed by atoms with Gasteiger partial charge in [0.05, 0.1) is 5.56 Å². The van der Waals surface area contributed by atoms with Crippen molar-refractivity contribution in [3.8, 4) is 0 Å². The second-order valence-electron chi connectivity index (χ2n) is 3.15. The van der Waals surface area contributed by atoms with Crippen LogP contribution >= 0.6 is 11.6 Å². The van der Waals surface area contributed by atoms with Gasteiger partial charge in [-0.2, -0.15) is 0 Å². The molecule has 2 rings (SSSR count). The summed E-state index contributed by atoms with van der Waals surface area (Å²) in [5.41, 5.74) is 0.492. The summed E-state index contributed by atoms with van der Waals surface area (Å²) in [5, 5.41) is 3.53. The van der Waals surface area contributed by atoms with Crippen molar-refractivity contribution in [1.29, 1.82) is 0 Å². The predicted molar refractivity (Wildman–Crippen MR) is 53.3 cm³/mol. The maximum Gasteiger partial charge on any atom is 0.339 e. The quantitative estimate of drug-likeness (QED) is 0.759. The molecule has 74 valence electrons. The molecule has 1 unspecified atom stereocenters. The van der Waals surface area contributed by atoms with E-state index >= 15 is 0 Å². The molecule has 0 spiro atoms. The van der Waals surface area contributed by atoms with Gasteiger partial charge in [-0.05, 0) is 18.2 Å². The number of halogens is 1. The Morgan fingerprint density at radius 2 is 2.36 bits per heavy atom. The molecule has 14 heavy (non-hydrogen) atoms. The predicted octanol–water partition coefficient (Wildman–Crippen LogP) is 1.82. The Balaban J connectivity index is 2.02. The SMILES string of the molecule is O=C(OC1CCN1)c1cccc(Cl)c1. The van der Waals surface area contributed by atoms with Gasteiger partial charge in [0, 0.05) is 18.0 Å². The van der Waals surface area contributed by atoms with E-state index < -0.39 is 0 Å². The molecule has 0 saturated carbocycles. The van der Waals surface area contributed by atoms with Crippen molar-refractivity contribution in [2.75, 3.05) is 6.54 Å². The lowest BCUT2D eigenvalue weighted by Crippen LogP contribution is -2.45. The largest absolute Gasteiger partial charge is 0.443 e. The lowest BCUT2D eigenvalue weighted by atomic mass is 10.2. The number of ether oxygens (including phenoxy) is 1. The van der Waals surface area contributed by atoms with Crippen LogP contribution in [-0.2, 0) is 4.74 Å². The van der Waals surface area contributed by atoms with Crippen LogP contribution in [0.15, 0.2) is 24.3 Å². The van der Waals surface area contributed by atoms with Gasteiger partial charge < -0.3 is 4.74 Å². The van der Waals surface area contributed by atoms with Crippen LogP contribution in [0.5, 0.6) is 0 Å². The van der Waals surface area contributed by atoms with Crippen molar-refractivity contribution in [3.05, 3.63) is 34.9 Å². The highest BCUT2D eigenvalue weighted by Gasteiger charge is 2.21. The molecule has 0 aromatic heterocycles. The topological polar surface area (TPSA) is 38.3 Å². The second kappa shape index (κ2) is 3.98. The number of hydrogen-bond acceptors (Lipinski definition) is 3. The molecule has 1 fully saturated rings. The lowest BCUT2D eigenvalue weighted by Gasteiger charge is -2.26. The zero-order valence-corrected chi connectivity index (χ0v) is 8.25. The van der Waals surface area contributed by atoms with E-state index in [0.29, 0.717) is 10.6 Å². The Labute approximate surface area is 87.0 Å². The Bertz CT molecular complexity index is 350. The van der Waals surface area contributed by atoms with Crippen molar-refractivity contribution in [2.45, 2.75) is 12.6 Å². The van der Waals surface area contributed by atoms with Gasteiger partial charge in [0.25, 0.3) is 0 Å².